The van der Waals surface area contributed by atoms with Crippen LogP contribution >= 0.6 is 0 Å². The number of methoxy groups -OCH3 is 1. The molecule has 0 bridgehead atoms. The normalized spacial score (nSPS) is 9.95. The second-order valence-corrected chi connectivity index (χ2v) is 3.49. The maximum atomic E-state index is 11.1. The van der Waals surface area contributed by atoms with Crippen LogP contribution in [0.4, 0.5) is 0 Å². The average Bonchev–Trinajstić information content (AvgIpc) is 2.38. The minimum Gasteiger partial charge on any atom is -0.493 e. The van der Waals surface area contributed by atoms with Crippen LogP contribution in [0.15, 0.2) is 35.4 Å². The van der Waals surface area contributed by atoms with Crippen LogP contribution in [-0.4, -0.2) is 28.2 Å². The Morgan fingerprint density at radius 2 is 2.21 bits per heavy atom. The minimum absolute atomic E-state index is 0.00407. The molecule has 1 aromatic carbocycles. The first-order valence-electron chi connectivity index (χ1n) is 5.24. The standard InChI is InChI=1S/C12H10N2O5/c1-18-8-4-2-3-7(12(16)17)11(8)19-10-5-9(15)13-6-14-10/h2-6H,1H3,(H,16,17)(H,13,14,15). The van der Waals surface area contributed by atoms with Crippen molar-refractivity contribution in [2.45, 2.75) is 0 Å². The summed E-state index contributed by atoms with van der Waals surface area (Å²) in [7, 11) is 1.39. The van der Waals surface area contributed by atoms with Gasteiger partial charge in [0, 0.05) is 0 Å². The molecule has 1 heterocycles. The summed E-state index contributed by atoms with van der Waals surface area (Å²) in [5.41, 5.74) is -0.488. The summed E-state index contributed by atoms with van der Waals surface area (Å²) in [6.07, 6.45) is 1.16. The number of nitrogens with zero attached hydrogens (tertiary/aromatic N) is 1. The Morgan fingerprint density at radius 3 is 2.84 bits per heavy atom. The highest BCUT2D eigenvalue weighted by atomic mass is 16.5. The van der Waals surface area contributed by atoms with E-state index in [1.807, 2.05) is 0 Å². The van der Waals surface area contributed by atoms with Crippen molar-refractivity contribution in [3.05, 3.63) is 46.5 Å². The molecule has 19 heavy (non-hydrogen) atoms. The molecular weight excluding hydrogens is 252 g/mol. The van der Waals surface area contributed by atoms with Crippen molar-refractivity contribution in [1.82, 2.24) is 9.97 Å². The number of hydrogen-bond acceptors (Lipinski definition) is 5. The third kappa shape index (κ3) is 2.71. The molecular formula is C12H10N2O5. The Hall–Kier alpha value is -2.83. The predicted octanol–water partition coefficient (Wildman–Crippen LogP) is 1.27. The Bertz CT molecular complexity index is 665. The SMILES string of the molecule is COc1cccc(C(=O)O)c1Oc1cc(=O)[nH]cn1. The summed E-state index contributed by atoms with van der Waals surface area (Å²) in [5.74, 6) is -0.952. The van der Waals surface area contributed by atoms with E-state index in [2.05, 4.69) is 9.97 Å². The molecule has 2 N–H and O–H groups in total. The molecule has 0 fully saturated rings. The third-order valence-corrected chi connectivity index (χ3v) is 2.29. The van der Waals surface area contributed by atoms with E-state index in [0.29, 0.717) is 0 Å². The third-order valence-electron chi connectivity index (χ3n) is 2.29. The lowest BCUT2D eigenvalue weighted by atomic mass is 10.2. The van der Waals surface area contributed by atoms with Gasteiger partial charge in [-0.25, -0.2) is 9.78 Å². The molecule has 2 aromatic rings. The average molecular weight is 262 g/mol. The number of carboxylic acid groups (broad SMARTS) is 1. The first-order valence-corrected chi connectivity index (χ1v) is 5.24. The zero-order valence-corrected chi connectivity index (χ0v) is 9.91. The van der Waals surface area contributed by atoms with Gasteiger partial charge in [-0.1, -0.05) is 6.07 Å². The molecule has 0 atom stereocenters. The molecule has 0 saturated heterocycles. The number of H-pyrrole nitrogens is 1. The summed E-state index contributed by atoms with van der Waals surface area (Å²) in [6.45, 7) is 0. The Labute approximate surface area is 107 Å². The number of hydrogen-bond donors (Lipinski definition) is 2. The van der Waals surface area contributed by atoms with Gasteiger partial charge < -0.3 is 19.6 Å². The lowest BCUT2D eigenvalue weighted by Gasteiger charge is -2.11. The second kappa shape index (κ2) is 5.21. The number of para-hydroxylation sites is 1. The lowest BCUT2D eigenvalue weighted by molar-refractivity contribution is 0.0693. The van der Waals surface area contributed by atoms with Crippen molar-refractivity contribution in [2.75, 3.05) is 7.11 Å². The molecule has 2 rings (SSSR count). The number of benzene rings is 1. The Kier molecular flexibility index (Phi) is 3.46. The number of aromatic carboxylic acids is 1. The predicted molar refractivity (Wildman–Crippen MR) is 64.9 cm³/mol. The molecule has 7 nitrogen and oxygen atoms in total. The molecule has 7 heteroatoms. The van der Waals surface area contributed by atoms with Crippen LogP contribution < -0.4 is 15.0 Å². The summed E-state index contributed by atoms with van der Waals surface area (Å²) in [5, 5.41) is 9.09. The Balaban J connectivity index is 2.48. The van der Waals surface area contributed by atoms with E-state index in [4.69, 9.17) is 14.6 Å². The molecule has 0 radical (unpaired) electrons. The fourth-order valence-electron chi connectivity index (χ4n) is 1.46. The van der Waals surface area contributed by atoms with Crippen LogP contribution in [0.2, 0.25) is 0 Å². The van der Waals surface area contributed by atoms with Gasteiger partial charge in [0.1, 0.15) is 5.56 Å². The molecule has 0 amide bonds. The molecule has 0 aliphatic rings. The number of nitrogens with one attached hydrogen (secondary N) is 1. The largest absolute Gasteiger partial charge is 0.493 e. The molecule has 0 unspecified atom stereocenters. The van der Waals surface area contributed by atoms with Crippen molar-refractivity contribution >= 4 is 5.97 Å². The second-order valence-electron chi connectivity index (χ2n) is 3.49. The smallest absolute Gasteiger partial charge is 0.339 e. The van der Waals surface area contributed by atoms with Crippen LogP contribution in [-0.2, 0) is 0 Å². The fourth-order valence-corrected chi connectivity index (χ4v) is 1.46. The number of rotatable bonds is 4. The molecule has 1 aromatic heterocycles. The summed E-state index contributed by atoms with van der Waals surface area (Å²) >= 11 is 0. The zero-order chi connectivity index (χ0) is 13.8. The fraction of sp³-hybridized carbons (Fsp3) is 0.0833. The van der Waals surface area contributed by atoms with Crippen LogP contribution in [0.3, 0.4) is 0 Å². The number of carbonyl (C=O) groups is 1. The van der Waals surface area contributed by atoms with E-state index in [9.17, 15) is 9.59 Å². The van der Waals surface area contributed by atoms with Crippen molar-refractivity contribution < 1.29 is 19.4 Å². The van der Waals surface area contributed by atoms with Crippen molar-refractivity contribution in [3.63, 3.8) is 0 Å². The number of carboxylic acids is 1. The van der Waals surface area contributed by atoms with E-state index >= 15 is 0 Å². The van der Waals surface area contributed by atoms with Crippen LogP contribution in [0.5, 0.6) is 17.4 Å². The topological polar surface area (TPSA) is 102 Å². The number of ether oxygens (including phenoxy) is 2. The highest BCUT2D eigenvalue weighted by Crippen LogP contribution is 2.33. The minimum atomic E-state index is -1.17. The summed E-state index contributed by atoms with van der Waals surface area (Å²) < 4.78 is 10.4. The Morgan fingerprint density at radius 1 is 1.42 bits per heavy atom. The van der Waals surface area contributed by atoms with Crippen molar-refractivity contribution in [3.8, 4) is 17.4 Å². The lowest BCUT2D eigenvalue weighted by Crippen LogP contribution is -2.07. The quantitative estimate of drug-likeness (QED) is 0.860. The van der Waals surface area contributed by atoms with Gasteiger partial charge in [-0.05, 0) is 12.1 Å². The molecule has 98 valence electrons. The first-order chi connectivity index (χ1) is 9.11. The van der Waals surface area contributed by atoms with Crippen LogP contribution in [0.1, 0.15) is 10.4 Å². The summed E-state index contributed by atoms with van der Waals surface area (Å²) in [4.78, 5) is 28.4. The van der Waals surface area contributed by atoms with Crippen molar-refractivity contribution in [1.29, 1.82) is 0 Å². The van der Waals surface area contributed by atoms with Crippen LogP contribution in [0.25, 0.3) is 0 Å². The van der Waals surface area contributed by atoms with Gasteiger partial charge in [0.15, 0.2) is 11.5 Å². The monoisotopic (exact) mass is 262 g/mol. The van der Waals surface area contributed by atoms with Gasteiger partial charge in [-0.3, -0.25) is 4.79 Å². The maximum absolute atomic E-state index is 11.1. The van der Waals surface area contributed by atoms with Gasteiger partial charge in [0.25, 0.3) is 5.56 Å². The molecule has 0 saturated carbocycles. The van der Waals surface area contributed by atoms with Crippen molar-refractivity contribution in [2.24, 2.45) is 0 Å². The van der Waals surface area contributed by atoms with Crippen LogP contribution in [0, 0.1) is 0 Å². The highest BCUT2D eigenvalue weighted by Gasteiger charge is 2.17. The van der Waals surface area contributed by atoms with E-state index in [1.165, 1.54) is 19.2 Å². The molecule has 0 spiro atoms. The van der Waals surface area contributed by atoms with E-state index in [1.54, 1.807) is 6.07 Å². The van der Waals surface area contributed by atoms with Gasteiger partial charge in [0.2, 0.25) is 5.88 Å². The zero-order valence-electron chi connectivity index (χ0n) is 9.91. The number of aromatic amines is 1. The summed E-state index contributed by atoms with van der Waals surface area (Å²) in [6, 6.07) is 5.56. The highest BCUT2D eigenvalue weighted by molar-refractivity contribution is 5.92. The first kappa shape index (κ1) is 12.6. The van der Waals surface area contributed by atoms with E-state index in [-0.39, 0.29) is 22.9 Å². The molecule has 0 aliphatic carbocycles. The number of aromatic nitrogens is 2. The maximum Gasteiger partial charge on any atom is 0.339 e. The van der Waals surface area contributed by atoms with Gasteiger partial charge in [0.05, 0.1) is 19.5 Å². The molecule has 0 aliphatic heterocycles. The van der Waals surface area contributed by atoms with E-state index < -0.39 is 11.5 Å². The van der Waals surface area contributed by atoms with E-state index in [0.717, 1.165) is 12.4 Å². The van der Waals surface area contributed by atoms with Gasteiger partial charge in [-0.2, -0.15) is 0 Å². The van der Waals surface area contributed by atoms with Gasteiger partial charge in [-0.15, -0.1) is 0 Å². The van der Waals surface area contributed by atoms with Gasteiger partial charge >= 0.3 is 5.97 Å².